The molecule has 0 radical (unpaired) electrons. The first kappa shape index (κ1) is 9.05. The molecule has 0 bridgehead atoms. The molecule has 56 valence electrons. The summed E-state index contributed by atoms with van der Waals surface area (Å²) in [5.74, 6) is 0. The van der Waals surface area contributed by atoms with Gasteiger partial charge in [-0.05, 0) is 28.1 Å². The molecule has 11 heavy (non-hydrogen) atoms. The summed E-state index contributed by atoms with van der Waals surface area (Å²) in [6.07, 6.45) is 0. The quantitative estimate of drug-likeness (QED) is 0.669. The van der Waals surface area contributed by atoms with E-state index in [1.165, 1.54) is 0 Å². The first-order valence-electron chi connectivity index (χ1n) is 2.70. The molecule has 1 nitrogen and oxygen atoms in total. The molecule has 4 heteroatoms. The lowest BCUT2D eigenvalue weighted by molar-refractivity contribution is 1.46. The first-order valence-corrected chi connectivity index (χ1v) is 4.66. The van der Waals surface area contributed by atoms with Crippen LogP contribution in [-0.2, 0) is 0 Å². The Labute approximate surface area is 86.2 Å². The molecule has 0 heterocycles. The van der Waals surface area contributed by atoms with Gasteiger partial charge in [0.05, 0.1) is 10.6 Å². The Kier molecular flexibility index (Phi) is 2.94. The Balaban J connectivity index is 3.39. The number of benzene rings is 1. The third kappa shape index (κ3) is 1.96. The fourth-order valence-corrected chi connectivity index (χ4v) is 2.01. The van der Waals surface area contributed by atoms with Crippen molar-refractivity contribution in [3.63, 3.8) is 0 Å². The number of hydrogen-bond acceptors (Lipinski definition) is 1. The van der Waals surface area contributed by atoms with Gasteiger partial charge in [-0.15, -0.1) is 0 Å². The van der Waals surface area contributed by atoms with E-state index in [0.29, 0.717) is 10.6 Å². The standard InChI is InChI=1S/C7H2Br2ClN/c8-5-1-4(3-11)7(10)6(9)2-5/h1-2H. The molecule has 0 saturated heterocycles. The molecule has 0 atom stereocenters. The van der Waals surface area contributed by atoms with Crippen LogP contribution in [0.2, 0.25) is 5.02 Å². The summed E-state index contributed by atoms with van der Waals surface area (Å²) in [4.78, 5) is 0. The lowest BCUT2D eigenvalue weighted by atomic mass is 10.2. The molecule has 1 rings (SSSR count). The summed E-state index contributed by atoms with van der Waals surface area (Å²) in [5, 5.41) is 9.05. The maximum atomic E-state index is 8.59. The van der Waals surface area contributed by atoms with Crippen molar-refractivity contribution in [3.05, 3.63) is 31.7 Å². The van der Waals surface area contributed by atoms with Crippen molar-refractivity contribution >= 4 is 43.5 Å². The van der Waals surface area contributed by atoms with Gasteiger partial charge in [0.25, 0.3) is 0 Å². The summed E-state index contributed by atoms with van der Waals surface area (Å²) in [6.45, 7) is 0. The number of rotatable bonds is 0. The normalized spacial score (nSPS) is 9.27. The van der Waals surface area contributed by atoms with Crippen molar-refractivity contribution in [3.8, 4) is 6.07 Å². The predicted octanol–water partition coefficient (Wildman–Crippen LogP) is 3.74. The van der Waals surface area contributed by atoms with Crippen molar-refractivity contribution in [1.29, 1.82) is 5.26 Å². The van der Waals surface area contributed by atoms with Crippen molar-refractivity contribution in [2.24, 2.45) is 0 Å². The number of nitrogens with zero attached hydrogens (tertiary/aromatic N) is 1. The van der Waals surface area contributed by atoms with Gasteiger partial charge in [0.1, 0.15) is 6.07 Å². The van der Waals surface area contributed by atoms with E-state index in [9.17, 15) is 0 Å². The highest BCUT2D eigenvalue weighted by molar-refractivity contribution is 9.11. The van der Waals surface area contributed by atoms with Crippen LogP contribution in [0, 0.1) is 11.3 Å². The van der Waals surface area contributed by atoms with Gasteiger partial charge >= 0.3 is 0 Å². The topological polar surface area (TPSA) is 23.8 Å². The van der Waals surface area contributed by atoms with E-state index >= 15 is 0 Å². The van der Waals surface area contributed by atoms with Crippen LogP contribution in [0.1, 0.15) is 5.56 Å². The first-order chi connectivity index (χ1) is 5.15. The molecule has 0 aromatic heterocycles. The maximum Gasteiger partial charge on any atom is 0.101 e. The van der Waals surface area contributed by atoms with Crippen LogP contribution in [0.3, 0.4) is 0 Å². The van der Waals surface area contributed by atoms with E-state index in [1.807, 2.05) is 6.07 Å². The summed E-state index contributed by atoms with van der Waals surface area (Å²) in [5.41, 5.74) is 0.466. The molecule has 0 aliphatic carbocycles. The Morgan fingerprint density at radius 3 is 2.55 bits per heavy atom. The van der Waals surface area contributed by atoms with E-state index in [1.54, 1.807) is 12.1 Å². The molecule has 1 aromatic carbocycles. The van der Waals surface area contributed by atoms with E-state index in [2.05, 4.69) is 31.9 Å². The molecule has 0 amide bonds. The second kappa shape index (κ2) is 3.57. The molecule has 0 aliphatic heterocycles. The number of nitriles is 1. The van der Waals surface area contributed by atoms with Crippen LogP contribution >= 0.6 is 43.5 Å². The molecule has 0 unspecified atom stereocenters. The number of halogens is 3. The van der Waals surface area contributed by atoms with E-state index in [4.69, 9.17) is 16.9 Å². The Bertz CT molecular complexity index is 330. The largest absolute Gasteiger partial charge is 0.192 e. The lowest BCUT2D eigenvalue weighted by Gasteiger charge is -1.98. The van der Waals surface area contributed by atoms with Crippen molar-refractivity contribution < 1.29 is 0 Å². The molecule has 0 aliphatic rings. The van der Waals surface area contributed by atoms with Gasteiger partial charge in [0.15, 0.2) is 0 Å². The second-order valence-corrected chi connectivity index (χ2v) is 4.01. The van der Waals surface area contributed by atoms with Crippen LogP contribution in [0.4, 0.5) is 0 Å². The summed E-state index contributed by atoms with van der Waals surface area (Å²) >= 11 is 12.2. The SMILES string of the molecule is N#Cc1cc(Br)cc(Br)c1Cl. The Hall–Kier alpha value is -0.0400. The highest BCUT2D eigenvalue weighted by Gasteiger charge is 2.04. The minimum Gasteiger partial charge on any atom is -0.192 e. The minimum atomic E-state index is 0.454. The van der Waals surface area contributed by atoms with Gasteiger partial charge in [-0.3, -0.25) is 0 Å². The fraction of sp³-hybridized carbons (Fsp3) is 0. The third-order valence-electron chi connectivity index (χ3n) is 1.11. The van der Waals surface area contributed by atoms with Crippen LogP contribution < -0.4 is 0 Å². The average molecular weight is 295 g/mol. The van der Waals surface area contributed by atoms with Crippen LogP contribution in [0.5, 0.6) is 0 Å². The zero-order valence-electron chi connectivity index (χ0n) is 5.24. The zero-order chi connectivity index (χ0) is 8.43. The van der Waals surface area contributed by atoms with Crippen molar-refractivity contribution in [2.75, 3.05) is 0 Å². The van der Waals surface area contributed by atoms with Crippen LogP contribution in [-0.4, -0.2) is 0 Å². The van der Waals surface area contributed by atoms with Gasteiger partial charge < -0.3 is 0 Å². The zero-order valence-corrected chi connectivity index (χ0v) is 9.16. The predicted molar refractivity (Wildman–Crippen MR) is 51.6 cm³/mol. The lowest BCUT2D eigenvalue weighted by Crippen LogP contribution is -1.78. The Morgan fingerprint density at radius 1 is 1.36 bits per heavy atom. The van der Waals surface area contributed by atoms with E-state index in [0.717, 1.165) is 8.95 Å². The van der Waals surface area contributed by atoms with Crippen LogP contribution in [0.25, 0.3) is 0 Å². The summed E-state index contributed by atoms with van der Waals surface area (Å²) in [7, 11) is 0. The summed E-state index contributed by atoms with van der Waals surface area (Å²) in [6, 6.07) is 5.45. The van der Waals surface area contributed by atoms with Crippen LogP contribution in [0.15, 0.2) is 21.1 Å². The summed E-state index contributed by atoms with van der Waals surface area (Å²) < 4.78 is 1.57. The monoisotopic (exact) mass is 293 g/mol. The van der Waals surface area contributed by atoms with Crippen molar-refractivity contribution in [1.82, 2.24) is 0 Å². The fourth-order valence-electron chi connectivity index (χ4n) is 0.637. The van der Waals surface area contributed by atoms with E-state index in [-0.39, 0.29) is 0 Å². The smallest absolute Gasteiger partial charge is 0.101 e. The number of hydrogen-bond donors (Lipinski definition) is 0. The average Bonchev–Trinajstić information content (AvgIpc) is 1.96. The van der Waals surface area contributed by atoms with Crippen molar-refractivity contribution in [2.45, 2.75) is 0 Å². The molecule has 0 N–H and O–H groups in total. The maximum absolute atomic E-state index is 8.59. The molecule has 1 aromatic rings. The molecule has 0 fully saturated rings. The highest BCUT2D eigenvalue weighted by atomic mass is 79.9. The second-order valence-electron chi connectivity index (χ2n) is 1.86. The minimum absolute atomic E-state index is 0.454. The van der Waals surface area contributed by atoms with Gasteiger partial charge in [0.2, 0.25) is 0 Å². The van der Waals surface area contributed by atoms with E-state index < -0.39 is 0 Å². The molecule has 0 spiro atoms. The highest BCUT2D eigenvalue weighted by Crippen LogP contribution is 2.29. The third-order valence-corrected chi connectivity index (χ3v) is 2.83. The van der Waals surface area contributed by atoms with Gasteiger partial charge in [-0.2, -0.15) is 5.26 Å². The Morgan fingerprint density at radius 2 is 2.00 bits per heavy atom. The molecular weight excluding hydrogens is 293 g/mol. The van der Waals surface area contributed by atoms with Gasteiger partial charge in [-0.1, -0.05) is 27.5 Å². The molecule has 0 saturated carbocycles. The van der Waals surface area contributed by atoms with Gasteiger partial charge in [0, 0.05) is 8.95 Å². The molecular formula is C7H2Br2ClN. The van der Waals surface area contributed by atoms with Gasteiger partial charge in [-0.25, -0.2) is 0 Å².